The van der Waals surface area contributed by atoms with Crippen molar-refractivity contribution < 1.29 is 23.8 Å². The summed E-state index contributed by atoms with van der Waals surface area (Å²) in [6, 6.07) is 5.56. The van der Waals surface area contributed by atoms with E-state index in [0.717, 1.165) is 5.57 Å². The molecule has 1 fully saturated rings. The number of hydrogen-bond acceptors (Lipinski definition) is 4. The number of hydrogen-bond donors (Lipinski definition) is 1. The van der Waals surface area contributed by atoms with Crippen molar-refractivity contribution in [3.8, 4) is 0 Å². The standard InChI is InChI=1S/C18H17FO4/c1-23-17(21)12-7-6-11-8-9-18(22,10-14(11)12)16(20)13-4-2-3-5-15(13)19/h2-5,8,10,12,22H,6-7,9H2,1H3. The second kappa shape index (κ2) is 5.74. The number of carbonyl (C=O) groups is 2. The molecule has 1 saturated carbocycles. The molecule has 23 heavy (non-hydrogen) atoms. The van der Waals surface area contributed by atoms with E-state index in [1.165, 1.54) is 31.4 Å². The Bertz CT molecular complexity index is 734. The normalized spacial score (nSPS) is 26.1. The Kier molecular flexibility index (Phi) is 3.90. The van der Waals surface area contributed by atoms with Crippen LogP contribution in [0, 0.1) is 11.7 Å². The lowest BCUT2D eigenvalue weighted by Crippen LogP contribution is -2.39. The fourth-order valence-corrected chi connectivity index (χ4v) is 3.26. The van der Waals surface area contributed by atoms with Gasteiger partial charge >= 0.3 is 5.97 Å². The van der Waals surface area contributed by atoms with Crippen LogP contribution in [-0.2, 0) is 9.53 Å². The van der Waals surface area contributed by atoms with E-state index in [4.69, 9.17) is 4.74 Å². The van der Waals surface area contributed by atoms with Crippen LogP contribution in [-0.4, -0.2) is 29.6 Å². The van der Waals surface area contributed by atoms with Gasteiger partial charge in [-0.1, -0.05) is 18.2 Å². The van der Waals surface area contributed by atoms with Gasteiger partial charge < -0.3 is 9.84 Å². The minimum atomic E-state index is -1.84. The highest BCUT2D eigenvalue weighted by atomic mass is 19.1. The van der Waals surface area contributed by atoms with Crippen molar-refractivity contribution in [2.75, 3.05) is 7.11 Å². The van der Waals surface area contributed by atoms with Crippen molar-refractivity contribution in [3.63, 3.8) is 0 Å². The van der Waals surface area contributed by atoms with Crippen molar-refractivity contribution in [2.45, 2.75) is 24.9 Å². The number of Topliss-reactive ketones (excluding diaryl/α,β-unsaturated/α-hetero) is 1. The Hall–Kier alpha value is -2.27. The maximum absolute atomic E-state index is 13.9. The van der Waals surface area contributed by atoms with Crippen LogP contribution in [0.15, 0.2) is 47.6 Å². The third kappa shape index (κ3) is 2.61. The molecule has 2 aliphatic carbocycles. The second-order valence-corrected chi connectivity index (χ2v) is 5.88. The molecule has 0 spiro atoms. The van der Waals surface area contributed by atoms with Crippen molar-refractivity contribution in [3.05, 3.63) is 58.9 Å². The molecule has 1 N–H and O–H groups in total. The van der Waals surface area contributed by atoms with Crippen LogP contribution in [0.25, 0.3) is 0 Å². The van der Waals surface area contributed by atoms with Crippen LogP contribution in [0.2, 0.25) is 0 Å². The van der Waals surface area contributed by atoms with Gasteiger partial charge in [-0.25, -0.2) is 4.39 Å². The summed E-state index contributed by atoms with van der Waals surface area (Å²) in [5, 5.41) is 10.7. The molecule has 0 saturated heterocycles. The summed E-state index contributed by atoms with van der Waals surface area (Å²) in [6.45, 7) is 0. The number of methoxy groups -OCH3 is 1. The van der Waals surface area contributed by atoms with Gasteiger partial charge in [0, 0.05) is 6.42 Å². The quantitative estimate of drug-likeness (QED) is 0.688. The highest BCUT2D eigenvalue weighted by Crippen LogP contribution is 2.42. The van der Waals surface area contributed by atoms with Crippen LogP contribution < -0.4 is 0 Å². The molecule has 1 aromatic rings. The zero-order valence-electron chi connectivity index (χ0n) is 12.7. The van der Waals surface area contributed by atoms with Gasteiger partial charge in [-0.15, -0.1) is 0 Å². The Labute approximate surface area is 133 Å². The first-order valence-corrected chi connectivity index (χ1v) is 7.48. The molecule has 3 rings (SSSR count). The minimum Gasteiger partial charge on any atom is -0.469 e. The van der Waals surface area contributed by atoms with Gasteiger partial charge in [0.15, 0.2) is 0 Å². The lowest BCUT2D eigenvalue weighted by atomic mass is 9.81. The number of carbonyl (C=O) groups excluding carboxylic acids is 2. The Morgan fingerprint density at radius 3 is 2.78 bits per heavy atom. The summed E-state index contributed by atoms with van der Waals surface area (Å²) in [7, 11) is 1.31. The largest absolute Gasteiger partial charge is 0.469 e. The van der Waals surface area contributed by atoms with E-state index in [-0.39, 0.29) is 18.0 Å². The van der Waals surface area contributed by atoms with Gasteiger partial charge in [-0.3, -0.25) is 9.59 Å². The van der Waals surface area contributed by atoms with Gasteiger partial charge in [0.1, 0.15) is 11.4 Å². The van der Waals surface area contributed by atoms with Crippen molar-refractivity contribution >= 4 is 11.8 Å². The van der Waals surface area contributed by atoms with E-state index in [2.05, 4.69) is 0 Å². The Balaban J connectivity index is 1.97. The van der Waals surface area contributed by atoms with Gasteiger partial charge in [0.25, 0.3) is 0 Å². The van der Waals surface area contributed by atoms with E-state index >= 15 is 0 Å². The second-order valence-electron chi connectivity index (χ2n) is 5.88. The summed E-state index contributed by atoms with van der Waals surface area (Å²) in [4.78, 5) is 24.5. The maximum Gasteiger partial charge on any atom is 0.313 e. The lowest BCUT2D eigenvalue weighted by molar-refractivity contribution is -0.143. The van der Waals surface area contributed by atoms with Crippen LogP contribution in [0.3, 0.4) is 0 Å². The van der Waals surface area contributed by atoms with Gasteiger partial charge in [-0.2, -0.15) is 0 Å². The number of rotatable bonds is 3. The fourth-order valence-electron chi connectivity index (χ4n) is 3.26. The summed E-state index contributed by atoms with van der Waals surface area (Å²) >= 11 is 0. The van der Waals surface area contributed by atoms with Crippen molar-refractivity contribution in [2.24, 2.45) is 5.92 Å². The summed E-state index contributed by atoms with van der Waals surface area (Å²) in [5.41, 5.74) is -0.421. The van der Waals surface area contributed by atoms with Gasteiger partial charge in [0.2, 0.25) is 5.78 Å². The molecule has 1 aromatic carbocycles. The lowest BCUT2D eigenvalue weighted by Gasteiger charge is -2.28. The average molecular weight is 316 g/mol. The number of halogens is 1. The Morgan fingerprint density at radius 2 is 2.09 bits per heavy atom. The number of benzene rings is 1. The zero-order valence-corrected chi connectivity index (χ0v) is 12.7. The first-order chi connectivity index (χ1) is 11.0. The predicted molar refractivity (Wildman–Crippen MR) is 81.2 cm³/mol. The molecule has 2 aliphatic rings. The molecular formula is C18H17FO4. The third-order valence-electron chi connectivity index (χ3n) is 4.50. The first-order valence-electron chi connectivity index (χ1n) is 7.48. The van der Waals surface area contributed by atoms with Crippen molar-refractivity contribution in [1.29, 1.82) is 0 Å². The fraction of sp³-hybridized carbons (Fsp3) is 0.333. The maximum atomic E-state index is 13.9. The van der Waals surface area contributed by atoms with E-state index in [1.54, 1.807) is 12.1 Å². The number of esters is 1. The number of fused-ring (bicyclic) bond motifs is 1. The molecule has 120 valence electrons. The van der Waals surface area contributed by atoms with Crippen LogP contribution in [0.1, 0.15) is 29.6 Å². The van der Waals surface area contributed by atoms with E-state index < -0.39 is 23.1 Å². The van der Waals surface area contributed by atoms with Crippen molar-refractivity contribution in [1.82, 2.24) is 0 Å². The van der Waals surface area contributed by atoms with Gasteiger partial charge in [0.05, 0.1) is 18.6 Å². The first kappa shape index (κ1) is 15.6. The SMILES string of the molecule is COC(=O)C1CCC2=CCC(O)(C(=O)c3ccccc3F)C=C21. The molecule has 0 bridgehead atoms. The molecule has 5 heteroatoms. The molecule has 0 aromatic heterocycles. The molecule has 0 radical (unpaired) electrons. The smallest absolute Gasteiger partial charge is 0.313 e. The summed E-state index contributed by atoms with van der Waals surface area (Å²) in [6.07, 6.45) is 4.54. The van der Waals surface area contributed by atoms with Crippen LogP contribution >= 0.6 is 0 Å². The molecule has 4 nitrogen and oxygen atoms in total. The van der Waals surface area contributed by atoms with Gasteiger partial charge in [-0.05, 0) is 42.2 Å². The molecule has 2 atom stereocenters. The Morgan fingerprint density at radius 1 is 1.35 bits per heavy atom. The van der Waals surface area contributed by atoms with Crippen LogP contribution in [0.4, 0.5) is 4.39 Å². The number of ketones is 1. The van der Waals surface area contributed by atoms with Crippen LogP contribution in [0.5, 0.6) is 0 Å². The predicted octanol–water partition coefficient (Wildman–Crippen LogP) is 2.58. The highest BCUT2D eigenvalue weighted by Gasteiger charge is 2.42. The van der Waals surface area contributed by atoms with E-state index in [0.29, 0.717) is 18.4 Å². The minimum absolute atomic E-state index is 0.0763. The highest BCUT2D eigenvalue weighted by molar-refractivity contribution is 6.04. The topological polar surface area (TPSA) is 63.6 Å². The zero-order chi connectivity index (χ0) is 16.6. The number of ether oxygens (including phenoxy) is 1. The summed E-state index contributed by atoms with van der Waals surface area (Å²) < 4.78 is 18.6. The molecule has 2 unspecified atom stereocenters. The number of allylic oxidation sites excluding steroid dienone is 1. The molecule has 0 aliphatic heterocycles. The molecule has 0 amide bonds. The number of aliphatic hydroxyl groups is 1. The molecular weight excluding hydrogens is 299 g/mol. The van der Waals surface area contributed by atoms with E-state index in [9.17, 15) is 19.1 Å². The summed E-state index contributed by atoms with van der Waals surface area (Å²) in [5.74, 6) is -2.24. The average Bonchev–Trinajstić information content (AvgIpc) is 2.96. The third-order valence-corrected chi connectivity index (χ3v) is 4.50. The van der Waals surface area contributed by atoms with E-state index in [1.807, 2.05) is 0 Å². The monoisotopic (exact) mass is 316 g/mol. The molecule has 0 heterocycles.